The molecule has 0 unspecified atom stereocenters. The zero-order chi connectivity index (χ0) is 16.1. The lowest BCUT2D eigenvalue weighted by atomic mass is 10.1. The summed E-state index contributed by atoms with van der Waals surface area (Å²) in [7, 11) is -4.25. The maximum atomic E-state index is 11.2. The van der Waals surface area contributed by atoms with Crippen LogP contribution >= 0.6 is 0 Å². The number of nitrogens with one attached hydrogen (secondary N) is 1. The smallest absolute Gasteiger partial charge is 0.289 e. The van der Waals surface area contributed by atoms with Gasteiger partial charge in [0.2, 0.25) is 5.91 Å². The van der Waals surface area contributed by atoms with Crippen molar-refractivity contribution < 1.29 is 17.8 Å². The quantitative estimate of drug-likeness (QED) is 0.327. The molecule has 0 aromatic carbocycles. The molecule has 0 bridgehead atoms. The van der Waals surface area contributed by atoms with E-state index in [0.717, 1.165) is 25.3 Å². The molecule has 0 aliphatic heterocycles. The van der Waals surface area contributed by atoms with Crippen LogP contribution in [-0.2, 0) is 14.9 Å². The van der Waals surface area contributed by atoms with Crippen molar-refractivity contribution in [2.45, 2.75) is 64.7 Å². The normalized spacial score (nSPS) is 12.2. The molecule has 0 heterocycles. The van der Waals surface area contributed by atoms with Gasteiger partial charge >= 0.3 is 0 Å². The zero-order valence-electron chi connectivity index (χ0n) is 12.8. The number of hydrogen-bond donors (Lipinski definition) is 2. The van der Waals surface area contributed by atoms with Gasteiger partial charge in [-0.25, -0.2) is 0 Å². The summed E-state index contributed by atoms with van der Waals surface area (Å²) in [5.74, 6) is -0.482. The highest BCUT2D eigenvalue weighted by Crippen LogP contribution is 2.12. The Morgan fingerprint density at radius 3 is 2.10 bits per heavy atom. The number of rotatable bonds is 12. The first kappa shape index (κ1) is 19.9. The van der Waals surface area contributed by atoms with E-state index in [0.29, 0.717) is 11.8 Å². The Hall–Kier alpha value is -1.14. The summed E-state index contributed by atoms with van der Waals surface area (Å²) >= 11 is 0. The minimum atomic E-state index is -4.25. The average molecular weight is 317 g/mol. The standard InChI is InChI=1S/C15H27NO4S/c1-3-5-6-7-8-9-10-11-12-14(13-21(18,19)20)16-15(17)4-2/h4,13H,2-3,5-12H2,1H3,(H,16,17)(H,18,19,20). The Morgan fingerprint density at radius 2 is 1.62 bits per heavy atom. The van der Waals surface area contributed by atoms with Gasteiger partial charge in [-0.3, -0.25) is 9.35 Å². The van der Waals surface area contributed by atoms with Gasteiger partial charge in [0.05, 0.1) is 5.41 Å². The van der Waals surface area contributed by atoms with Gasteiger partial charge in [0.1, 0.15) is 0 Å². The highest BCUT2D eigenvalue weighted by Gasteiger charge is 2.07. The van der Waals surface area contributed by atoms with E-state index < -0.39 is 16.0 Å². The average Bonchev–Trinajstić information content (AvgIpc) is 2.39. The summed E-state index contributed by atoms with van der Waals surface area (Å²) in [6.45, 7) is 5.49. The minimum Gasteiger partial charge on any atom is -0.325 e. The fourth-order valence-electron chi connectivity index (χ4n) is 1.99. The summed E-state index contributed by atoms with van der Waals surface area (Å²) < 4.78 is 30.5. The van der Waals surface area contributed by atoms with Crippen LogP contribution in [0.1, 0.15) is 64.7 Å². The molecule has 0 rings (SSSR count). The van der Waals surface area contributed by atoms with E-state index in [-0.39, 0.29) is 5.70 Å². The van der Waals surface area contributed by atoms with Crippen molar-refractivity contribution in [3.05, 3.63) is 23.8 Å². The van der Waals surface area contributed by atoms with Crippen molar-refractivity contribution in [1.29, 1.82) is 0 Å². The Labute approximate surface area is 128 Å². The molecule has 5 nitrogen and oxygen atoms in total. The molecule has 0 fully saturated rings. The number of unbranched alkanes of at least 4 members (excludes halogenated alkanes) is 7. The third kappa shape index (κ3) is 13.6. The van der Waals surface area contributed by atoms with Gasteiger partial charge in [-0.2, -0.15) is 8.42 Å². The highest BCUT2D eigenvalue weighted by molar-refractivity contribution is 7.88. The molecule has 0 saturated carbocycles. The number of amides is 1. The third-order valence-electron chi connectivity index (χ3n) is 3.06. The molecule has 0 aliphatic rings. The molecule has 0 radical (unpaired) electrons. The molecule has 0 spiro atoms. The summed E-state index contributed by atoms with van der Waals surface area (Å²) in [5.41, 5.74) is 0.202. The minimum absolute atomic E-state index is 0.202. The van der Waals surface area contributed by atoms with Gasteiger partial charge in [-0.1, -0.05) is 58.4 Å². The van der Waals surface area contributed by atoms with Crippen molar-refractivity contribution in [3.8, 4) is 0 Å². The molecule has 6 heteroatoms. The monoisotopic (exact) mass is 317 g/mol. The maximum absolute atomic E-state index is 11.2. The second-order valence-corrected chi connectivity index (χ2v) is 6.34. The number of hydrogen-bond acceptors (Lipinski definition) is 3. The number of carbonyl (C=O) groups excluding carboxylic acids is 1. The first-order chi connectivity index (χ1) is 9.89. The molecule has 0 aliphatic carbocycles. The van der Waals surface area contributed by atoms with Crippen molar-refractivity contribution >= 4 is 16.0 Å². The van der Waals surface area contributed by atoms with Crippen LogP contribution in [0.2, 0.25) is 0 Å². The van der Waals surface area contributed by atoms with E-state index in [4.69, 9.17) is 4.55 Å². The van der Waals surface area contributed by atoms with Crippen LogP contribution in [0.4, 0.5) is 0 Å². The molecule has 0 atom stereocenters. The summed E-state index contributed by atoms with van der Waals surface area (Å²) in [6, 6.07) is 0. The van der Waals surface area contributed by atoms with Crippen LogP contribution in [0.25, 0.3) is 0 Å². The van der Waals surface area contributed by atoms with E-state index in [2.05, 4.69) is 18.8 Å². The SMILES string of the molecule is C=CC(=O)NC(=CS(=O)(=O)O)CCCCCCCCCC. The van der Waals surface area contributed by atoms with Crippen molar-refractivity contribution in [2.24, 2.45) is 0 Å². The van der Waals surface area contributed by atoms with Crippen LogP contribution in [0.3, 0.4) is 0 Å². The van der Waals surface area contributed by atoms with Crippen molar-refractivity contribution in [2.75, 3.05) is 0 Å². The lowest BCUT2D eigenvalue weighted by molar-refractivity contribution is -0.115. The second kappa shape index (κ2) is 11.5. The topological polar surface area (TPSA) is 83.5 Å². The van der Waals surface area contributed by atoms with Crippen LogP contribution in [0.5, 0.6) is 0 Å². The summed E-state index contributed by atoms with van der Waals surface area (Å²) in [6.07, 6.45) is 10.5. The molecule has 0 saturated heterocycles. The van der Waals surface area contributed by atoms with Crippen molar-refractivity contribution in [3.63, 3.8) is 0 Å². The molecule has 21 heavy (non-hydrogen) atoms. The number of carbonyl (C=O) groups is 1. The first-order valence-corrected chi connectivity index (χ1v) is 9.01. The third-order valence-corrected chi connectivity index (χ3v) is 3.64. The molecule has 2 N–H and O–H groups in total. The Kier molecular flexibility index (Phi) is 10.9. The zero-order valence-corrected chi connectivity index (χ0v) is 13.6. The molecule has 1 amide bonds. The largest absolute Gasteiger partial charge is 0.325 e. The van der Waals surface area contributed by atoms with E-state index in [1.54, 1.807) is 0 Å². The Morgan fingerprint density at radius 1 is 1.10 bits per heavy atom. The fraction of sp³-hybridized carbons (Fsp3) is 0.667. The van der Waals surface area contributed by atoms with E-state index in [1.165, 1.54) is 32.1 Å². The first-order valence-electron chi connectivity index (χ1n) is 7.50. The van der Waals surface area contributed by atoms with Gasteiger partial charge < -0.3 is 5.32 Å². The predicted octanol–water partition coefficient (Wildman–Crippen LogP) is 3.55. The van der Waals surface area contributed by atoms with E-state index >= 15 is 0 Å². The van der Waals surface area contributed by atoms with Crippen molar-refractivity contribution in [1.82, 2.24) is 5.32 Å². The van der Waals surface area contributed by atoms with Gasteiger partial charge in [-0.15, -0.1) is 0 Å². The van der Waals surface area contributed by atoms with Gasteiger partial charge in [0, 0.05) is 5.70 Å². The lowest BCUT2D eigenvalue weighted by Crippen LogP contribution is -2.21. The fourth-order valence-corrected chi connectivity index (χ4v) is 2.53. The maximum Gasteiger partial charge on any atom is 0.289 e. The molecule has 0 aromatic heterocycles. The Bertz CT molecular complexity index is 441. The molecular formula is C15H27NO4S. The molecular weight excluding hydrogens is 290 g/mol. The molecule has 0 aromatic rings. The number of allylic oxidation sites excluding steroid dienone is 1. The predicted molar refractivity (Wildman–Crippen MR) is 85.2 cm³/mol. The summed E-state index contributed by atoms with van der Waals surface area (Å²) in [5, 5.41) is 3.10. The Balaban J connectivity index is 4.06. The van der Waals surface area contributed by atoms with Gasteiger partial charge in [-0.05, 0) is 18.9 Å². The van der Waals surface area contributed by atoms with Crippen LogP contribution in [-0.4, -0.2) is 18.9 Å². The van der Waals surface area contributed by atoms with Gasteiger partial charge in [0.15, 0.2) is 0 Å². The highest BCUT2D eigenvalue weighted by atomic mass is 32.2. The van der Waals surface area contributed by atoms with E-state index in [1.807, 2.05) is 0 Å². The van der Waals surface area contributed by atoms with Crippen LogP contribution < -0.4 is 5.32 Å². The van der Waals surface area contributed by atoms with E-state index in [9.17, 15) is 13.2 Å². The summed E-state index contributed by atoms with van der Waals surface area (Å²) in [4.78, 5) is 11.2. The van der Waals surface area contributed by atoms with Crippen LogP contribution in [0, 0.1) is 0 Å². The van der Waals surface area contributed by atoms with Gasteiger partial charge in [0.25, 0.3) is 10.1 Å². The van der Waals surface area contributed by atoms with Crippen LogP contribution in [0.15, 0.2) is 23.8 Å². The molecule has 122 valence electrons. The lowest BCUT2D eigenvalue weighted by Gasteiger charge is -2.07. The second-order valence-electron chi connectivity index (χ2n) is 5.08.